The van der Waals surface area contributed by atoms with Crippen LogP contribution in [0.4, 0.5) is 0 Å². The molecular weight excluding hydrogens is 154 g/mol. The molecule has 0 amide bonds. The van der Waals surface area contributed by atoms with E-state index in [0.29, 0.717) is 5.69 Å². The molecule has 1 N–H and O–H groups in total. The van der Waals surface area contributed by atoms with E-state index in [-0.39, 0.29) is 12.1 Å². The number of nitriles is 1. The van der Waals surface area contributed by atoms with Crippen molar-refractivity contribution in [2.24, 2.45) is 0 Å². The number of hydrogen-bond donors (Lipinski definition) is 1. The molecule has 0 unspecified atom stereocenters. The third-order valence-corrected chi connectivity index (χ3v) is 1.77. The van der Waals surface area contributed by atoms with E-state index in [1.807, 2.05) is 13.0 Å². The van der Waals surface area contributed by atoms with Crippen molar-refractivity contribution < 1.29 is 0 Å². The summed E-state index contributed by atoms with van der Waals surface area (Å²) in [6, 6.07) is 1.96. The highest BCUT2D eigenvalue weighted by Gasteiger charge is 2.03. The number of nitrogens with zero attached hydrogens (tertiary/aromatic N) is 2. The molecule has 62 valence electrons. The fraction of sp³-hybridized carbons (Fsp3) is 0.375. The molecule has 12 heavy (non-hydrogen) atoms. The molecule has 0 aliphatic rings. The summed E-state index contributed by atoms with van der Waals surface area (Å²) in [7, 11) is 0. The summed E-state index contributed by atoms with van der Waals surface area (Å²) in [5.41, 5.74) is 1.85. The van der Waals surface area contributed by atoms with Gasteiger partial charge in [-0.05, 0) is 19.4 Å². The molecule has 1 rings (SSSR count). The van der Waals surface area contributed by atoms with E-state index >= 15 is 0 Å². The minimum Gasteiger partial charge on any atom is -0.310 e. The van der Waals surface area contributed by atoms with Crippen LogP contribution >= 0.6 is 0 Å². The molecule has 1 aromatic rings. The molecule has 0 saturated heterocycles. The van der Waals surface area contributed by atoms with Gasteiger partial charge in [0.2, 0.25) is 0 Å². The molecule has 0 spiro atoms. The highest BCUT2D eigenvalue weighted by atomic mass is 16.1. The van der Waals surface area contributed by atoms with Crippen molar-refractivity contribution in [2.45, 2.75) is 20.3 Å². The number of hydrogen-bond acceptors (Lipinski definition) is 3. The van der Waals surface area contributed by atoms with Crippen LogP contribution in [0.15, 0.2) is 4.79 Å². The fourth-order valence-electron chi connectivity index (χ4n) is 0.952. The number of rotatable bonds is 1. The van der Waals surface area contributed by atoms with Crippen LogP contribution in [0.25, 0.3) is 0 Å². The average molecular weight is 163 g/mol. The van der Waals surface area contributed by atoms with Crippen molar-refractivity contribution in [3.63, 3.8) is 0 Å². The maximum absolute atomic E-state index is 10.9. The normalized spacial score (nSPS) is 9.42. The standard InChI is InChI=1S/C8H9N3O/c1-5-6(2)10-8(12)11-7(5)3-4-9/h3H2,1-2H3,(H,10,11,12). The van der Waals surface area contributed by atoms with E-state index in [4.69, 9.17) is 5.26 Å². The summed E-state index contributed by atoms with van der Waals surface area (Å²) < 4.78 is 0. The Morgan fingerprint density at radius 3 is 2.83 bits per heavy atom. The van der Waals surface area contributed by atoms with Gasteiger partial charge < -0.3 is 4.98 Å². The predicted octanol–water partition coefficient (Wildman–Crippen LogP) is 0.453. The van der Waals surface area contributed by atoms with Gasteiger partial charge >= 0.3 is 5.69 Å². The van der Waals surface area contributed by atoms with Crippen LogP contribution in [0.1, 0.15) is 17.0 Å². The molecule has 0 radical (unpaired) electrons. The summed E-state index contributed by atoms with van der Waals surface area (Å²) in [5.74, 6) is 0. The molecule has 0 atom stereocenters. The van der Waals surface area contributed by atoms with Crippen LogP contribution in [0.2, 0.25) is 0 Å². The summed E-state index contributed by atoms with van der Waals surface area (Å²) in [5, 5.41) is 8.42. The smallest absolute Gasteiger partial charge is 0.310 e. The summed E-state index contributed by atoms with van der Waals surface area (Å²) in [6.45, 7) is 3.63. The van der Waals surface area contributed by atoms with Gasteiger partial charge in [-0.25, -0.2) is 4.79 Å². The van der Waals surface area contributed by atoms with Crippen molar-refractivity contribution in [1.82, 2.24) is 9.97 Å². The zero-order valence-electron chi connectivity index (χ0n) is 7.01. The Morgan fingerprint density at radius 2 is 2.25 bits per heavy atom. The largest absolute Gasteiger partial charge is 0.345 e. The maximum Gasteiger partial charge on any atom is 0.345 e. The Balaban J connectivity index is 3.30. The van der Waals surface area contributed by atoms with Gasteiger partial charge in [0, 0.05) is 5.69 Å². The van der Waals surface area contributed by atoms with Crippen molar-refractivity contribution in [3.8, 4) is 6.07 Å². The van der Waals surface area contributed by atoms with Crippen LogP contribution in [-0.4, -0.2) is 9.97 Å². The second-order valence-electron chi connectivity index (χ2n) is 2.57. The third-order valence-electron chi connectivity index (χ3n) is 1.77. The van der Waals surface area contributed by atoms with Crippen molar-refractivity contribution >= 4 is 0 Å². The first-order valence-electron chi connectivity index (χ1n) is 3.58. The van der Waals surface area contributed by atoms with Crippen LogP contribution in [-0.2, 0) is 6.42 Å². The van der Waals surface area contributed by atoms with Gasteiger partial charge in [-0.1, -0.05) is 0 Å². The van der Waals surface area contributed by atoms with Crippen LogP contribution in [0.5, 0.6) is 0 Å². The van der Waals surface area contributed by atoms with E-state index in [9.17, 15) is 4.79 Å². The van der Waals surface area contributed by atoms with Crippen LogP contribution in [0.3, 0.4) is 0 Å². The molecule has 1 aromatic heterocycles. The molecule has 4 nitrogen and oxygen atoms in total. The lowest BCUT2D eigenvalue weighted by Crippen LogP contribution is -2.16. The van der Waals surface area contributed by atoms with E-state index in [1.165, 1.54) is 0 Å². The van der Waals surface area contributed by atoms with Gasteiger partial charge in [0.05, 0.1) is 18.2 Å². The highest BCUT2D eigenvalue weighted by molar-refractivity contribution is 5.23. The molecule has 0 aliphatic heterocycles. The Hall–Kier alpha value is -1.63. The van der Waals surface area contributed by atoms with Crippen molar-refractivity contribution in [2.75, 3.05) is 0 Å². The molecule has 1 heterocycles. The number of aryl methyl sites for hydroxylation is 1. The first-order chi connectivity index (χ1) is 5.65. The minimum absolute atomic E-state index is 0.191. The number of nitrogens with one attached hydrogen (secondary N) is 1. The molecule has 0 aromatic carbocycles. The lowest BCUT2D eigenvalue weighted by Gasteiger charge is -2.01. The molecule has 0 saturated carbocycles. The maximum atomic E-state index is 10.9. The van der Waals surface area contributed by atoms with Gasteiger partial charge in [-0.15, -0.1) is 0 Å². The number of H-pyrrole nitrogens is 1. The quantitative estimate of drug-likeness (QED) is 0.653. The Labute approximate surface area is 69.9 Å². The van der Waals surface area contributed by atoms with Crippen LogP contribution < -0.4 is 5.69 Å². The summed E-state index contributed by atoms with van der Waals surface area (Å²) in [4.78, 5) is 17.1. The summed E-state index contributed by atoms with van der Waals surface area (Å²) >= 11 is 0. The SMILES string of the molecule is Cc1[nH]c(=O)nc(CC#N)c1C. The second-order valence-corrected chi connectivity index (χ2v) is 2.57. The number of aromatic amines is 1. The zero-order chi connectivity index (χ0) is 9.14. The lowest BCUT2D eigenvalue weighted by atomic mass is 10.1. The Bertz CT molecular complexity index is 386. The fourth-order valence-corrected chi connectivity index (χ4v) is 0.952. The van der Waals surface area contributed by atoms with E-state index in [0.717, 1.165) is 11.3 Å². The topological polar surface area (TPSA) is 69.5 Å². The zero-order valence-corrected chi connectivity index (χ0v) is 7.01. The highest BCUT2D eigenvalue weighted by Crippen LogP contribution is 2.04. The van der Waals surface area contributed by atoms with Crippen molar-refractivity contribution in [3.05, 3.63) is 27.4 Å². The molecule has 0 aliphatic carbocycles. The first-order valence-corrected chi connectivity index (χ1v) is 3.58. The van der Waals surface area contributed by atoms with Crippen molar-refractivity contribution in [1.29, 1.82) is 5.26 Å². The van der Waals surface area contributed by atoms with E-state index in [2.05, 4.69) is 9.97 Å². The minimum atomic E-state index is -0.386. The molecular formula is C8H9N3O. The van der Waals surface area contributed by atoms with Crippen LogP contribution in [0, 0.1) is 25.2 Å². The molecule has 4 heteroatoms. The van der Waals surface area contributed by atoms with Gasteiger partial charge in [-0.2, -0.15) is 10.2 Å². The monoisotopic (exact) mass is 163 g/mol. The third kappa shape index (κ3) is 1.51. The number of aromatic nitrogens is 2. The van der Waals surface area contributed by atoms with Gasteiger partial charge in [0.1, 0.15) is 0 Å². The second kappa shape index (κ2) is 3.18. The average Bonchev–Trinajstić information content (AvgIpc) is 2.00. The molecule has 0 bridgehead atoms. The van der Waals surface area contributed by atoms with Gasteiger partial charge in [0.25, 0.3) is 0 Å². The summed E-state index contributed by atoms with van der Waals surface area (Å²) in [6.07, 6.45) is 0.191. The molecule has 0 fully saturated rings. The first kappa shape index (κ1) is 8.47. The Kier molecular flexibility index (Phi) is 2.24. The van der Waals surface area contributed by atoms with E-state index in [1.54, 1.807) is 6.92 Å². The van der Waals surface area contributed by atoms with E-state index < -0.39 is 0 Å². The van der Waals surface area contributed by atoms with Gasteiger partial charge in [-0.3, -0.25) is 0 Å². The van der Waals surface area contributed by atoms with Gasteiger partial charge in [0.15, 0.2) is 0 Å². The Morgan fingerprint density at radius 1 is 1.58 bits per heavy atom. The predicted molar refractivity (Wildman–Crippen MR) is 43.6 cm³/mol. The lowest BCUT2D eigenvalue weighted by molar-refractivity contribution is 0.933.